The van der Waals surface area contributed by atoms with E-state index < -0.39 is 0 Å². The third-order valence-corrected chi connectivity index (χ3v) is 1.58. The summed E-state index contributed by atoms with van der Waals surface area (Å²) in [6.07, 6.45) is 2.69. The molecule has 0 aliphatic heterocycles. The van der Waals surface area contributed by atoms with Crippen molar-refractivity contribution in [2.24, 2.45) is 7.05 Å². The van der Waals surface area contributed by atoms with Gasteiger partial charge in [-0.05, 0) is 6.42 Å². The van der Waals surface area contributed by atoms with Gasteiger partial charge in [-0.1, -0.05) is 6.92 Å². The van der Waals surface area contributed by atoms with Crippen LogP contribution in [-0.2, 0) is 13.5 Å². The molecule has 0 aliphatic rings. The van der Waals surface area contributed by atoms with Crippen molar-refractivity contribution in [2.45, 2.75) is 13.3 Å². The molecule has 0 saturated carbocycles. The van der Waals surface area contributed by atoms with E-state index in [-0.39, 0.29) is 0 Å². The van der Waals surface area contributed by atoms with Crippen LogP contribution in [0.1, 0.15) is 12.6 Å². The Morgan fingerprint density at radius 3 is 2.80 bits per heavy atom. The molecule has 0 fully saturated rings. The first-order valence-corrected chi connectivity index (χ1v) is 3.34. The second kappa shape index (κ2) is 2.73. The summed E-state index contributed by atoms with van der Waals surface area (Å²) in [6, 6.07) is 0. The topological polar surface area (TPSA) is 27.1 Å². The van der Waals surface area contributed by atoms with Gasteiger partial charge in [0, 0.05) is 7.05 Å². The Morgan fingerprint density at radius 1 is 1.70 bits per heavy atom. The van der Waals surface area contributed by atoms with Gasteiger partial charge in [0.1, 0.15) is 0 Å². The van der Waals surface area contributed by atoms with Gasteiger partial charge in [-0.25, -0.2) is 0 Å². The average molecular weight is 140 g/mol. The lowest BCUT2D eigenvalue weighted by Crippen LogP contribution is -1.97. The Bertz CT molecular complexity index is 217. The lowest BCUT2D eigenvalue weighted by molar-refractivity contribution is 0.409. The summed E-state index contributed by atoms with van der Waals surface area (Å²) in [7, 11) is 3.58. The number of methoxy groups -OCH3 is 1. The van der Waals surface area contributed by atoms with E-state index in [1.165, 1.54) is 0 Å². The van der Waals surface area contributed by atoms with Crippen LogP contribution < -0.4 is 4.74 Å². The molecule has 0 radical (unpaired) electrons. The molecule has 0 aliphatic carbocycles. The Labute approximate surface area is 60.6 Å². The number of hydrogen-bond acceptors (Lipinski definition) is 2. The summed E-state index contributed by atoms with van der Waals surface area (Å²) in [5.74, 6) is 0.880. The molecule has 0 spiro atoms. The van der Waals surface area contributed by atoms with Crippen LogP contribution in [0.5, 0.6) is 5.75 Å². The number of rotatable bonds is 2. The highest BCUT2D eigenvalue weighted by atomic mass is 16.5. The molecular weight excluding hydrogens is 128 g/mol. The van der Waals surface area contributed by atoms with Gasteiger partial charge in [0.2, 0.25) is 0 Å². The van der Waals surface area contributed by atoms with Gasteiger partial charge < -0.3 is 4.74 Å². The van der Waals surface area contributed by atoms with E-state index in [1.54, 1.807) is 13.3 Å². The van der Waals surface area contributed by atoms with Crippen LogP contribution in [0.3, 0.4) is 0 Å². The van der Waals surface area contributed by atoms with Crippen LogP contribution in [0.25, 0.3) is 0 Å². The minimum absolute atomic E-state index is 0.880. The van der Waals surface area contributed by atoms with Crippen LogP contribution in [0.15, 0.2) is 6.20 Å². The second-order valence-corrected chi connectivity index (χ2v) is 2.14. The lowest BCUT2D eigenvalue weighted by Gasteiger charge is -1.99. The standard InChI is InChI=1S/C7H12N2O/c1-4-6-7(10-3)5-8-9(6)2/h5H,4H2,1-3H3. The van der Waals surface area contributed by atoms with Crippen LogP contribution in [-0.4, -0.2) is 16.9 Å². The quantitative estimate of drug-likeness (QED) is 0.612. The SMILES string of the molecule is CCc1c(OC)cnn1C. The molecule has 0 unspecified atom stereocenters. The molecule has 10 heavy (non-hydrogen) atoms. The molecule has 1 rings (SSSR count). The first-order chi connectivity index (χ1) is 4.79. The zero-order valence-corrected chi connectivity index (χ0v) is 6.59. The number of nitrogens with zero attached hydrogens (tertiary/aromatic N) is 2. The van der Waals surface area contributed by atoms with Gasteiger partial charge in [-0.15, -0.1) is 0 Å². The molecule has 56 valence electrons. The van der Waals surface area contributed by atoms with Crippen LogP contribution in [0.2, 0.25) is 0 Å². The van der Waals surface area contributed by atoms with Crippen LogP contribution in [0.4, 0.5) is 0 Å². The highest BCUT2D eigenvalue weighted by molar-refractivity contribution is 5.24. The molecule has 0 bridgehead atoms. The number of ether oxygens (including phenoxy) is 1. The van der Waals surface area contributed by atoms with Crippen LogP contribution in [0, 0.1) is 0 Å². The Kier molecular flexibility index (Phi) is 1.94. The van der Waals surface area contributed by atoms with Crippen molar-refractivity contribution in [1.29, 1.82) is 0 Å². The number of aromatic nitrogens is 2. The normalized spacial score (nSPS) is 9.90. The fraction of sp³-hybridized carbons (Fsp3) is 0.571. The van der Waals surface area contributed by atoms with Crippen molar-refractivity contribution in [1.82, 2.24) is 9.78 Å². The molecule has 0 saturated heterocycles. The van der Waals surface area contributed by atoms with Crippen molar-refractivity contribution in [2.75, 3.05) is 7.11 Å². The first-order valence-electron chi connectivity index (χ1n) is 3.34. The van der Waals surface area contributed by atoms with E-state index in [2.05, 4.69) is 12.0 Å². The van der Waals surface area contributed by atoms with Gasteiger partial charge in [-0.2, -0.15) is 5.10 Å². The zero-order chi connectivity index (χ0) is 7.56. The third-order valence-electron chi connectivity index (χ3n) is 1.58. The minimum Gasteiger partial charge on any atom is -0.493 e. The van der Waals surface area contributed by atoms with Crippen LogP contribution >= 0.6 is 0 Å². The fourth-order valence-corrected chi connectivity index (χ4v) is 1.02. The highest BCUT2D eigenvalue weighted by Gasteiger charge is 2.04. The predicted molar refractivity (Wildman–Crippen MR) is 39.1 cm³/mol. The third kappa shape index (κ3) is 0.988. The molecule has 1 aromatic rings. The maximum absolute atomic E-state index is 5.07. The zero-order valence-electron chi connectivity index (χ0n) is 6.59. The van der Waals surface area contributed by atoms with Crippen molar-refractivity contribution in [3.63, 3.8) is 0 Å². The molecular formula is C7H12N2O. The maximum Gasteiger partial charge on any atom is 0.159 e. The summed E-state index contributed by atoms with van der Waals surface area (Å²) in [4.78, 5) is 0. The van der Waals surface area contributed by atoms with Gasteiger partial charge in [0.25, 0.3) is 0 Å². The highest BCUT2D eigenvalue weighted by Crippen LogP contribution is 2.15. The molecule has 0 atom stereocenters. The minimum atomic E-state index is 0.880. The monoisotopic (exact) mass is 140 g/mol. The van der Waals surface area contributed by atoms with Gasteiger partial charge in [0.15, 0.2) is 5.75 Å². The summed E-state index contributed by atoms with van der Waals surface area (Å²) >= 11 is 0. The molecule has 3 heteroatoms. The summed E-state index contributed by atoms with van der Waals surface area (Å²) in [5, 5.41) is 4.05. The van der Waals surface area contributed by atoms with Gasteiger partial charge in [-0.3, -0.25) is 4.68 Å². The predicted octanol–water partition coefficient (Wildman–Crippen LogP) is 0.991. The molecule has 0 amide bonds. The molecule has 0 aromatic carbocycles. The summed E-state index contributed by atoms with van der Waals surface area (Å²) in [5.41, 5.74) is 1.14. The Balaban J connectivity index is 3.01. The van der Waals surface area contributed by atoms with Crippen molar-refractivity contribution in [3.05, 3.63) is 11.9 Å². The molecule has 1 aromatic heterocycles. The fourth-order valence-electron chi connectivity index (χ4n) is 1.02. The summed E-state index contributed by atoms with van der Waals surface area (Å²) < 4.78 is 6.91. The van der Waals surface area contributed by atoms with E-state index in [1.807, 2.05) is 11.7 Å². The molecule has 3 nitrogen and oxygen atoms in total. The lowest BCUT2D eigenvalue weighted by atomic mass is 10.3. The number of hydrogen-bond donors (Lipinski definition) is 0. The van der Waals surface area contributed by atoms with Crippen molar-refractivity contribution in [3.8, 4) is 5.75 Å². The molecule has 0 N–H and O–H groups in total. The van der Waals surface area contributed by atoms with E-state index in [9.17, 15) is 0 Å². The van der Waals surface area contributed by atoms with E-state index in [0.717, 1.165) is 17.9 Å². The average Bonchev–Trinajstić information content (AvgIpc) is 2.30. The van der Waals surface area contributed by atoms with E-state index in [0.29, 0.717) is 0 Å². The van der Waals surface area contributed by atoms with E-state index in [4.69, 9.17) is 4.74 Å². The Hall–Kier alpha value is -0.990. The smallest absolute Gasteiger partial charge is 0.159 e. The Morgan fingerprint density at radius 2 is 2.40 bits per heavy atom. The number of aryl methyl sites for hydroxylation is 1. The van der Waals surface area contributed by atoms with Crippen molar-refractivity contribution >= 4 is 0 Å². The molecule has 1 heterocycles. The maximum atomic E-state index is 5.07. The van der Waals surface area contributed by atoms with Gasteiger partial charge >= 0.3 is 0 Å². The van der Waals surface area contributed by atoms with E-state index >= 15 is 0 Å². The van der Waals surface area contributed by atoms with Crippen molar-refractivity contribution < 1.29 is 4.74 Å². The second-order valence-electron chi connectivity index (χ2n) is 2.14. The summed E-state index contributed by atoms with van der Waals surface area (Å²) in [6.45, 7) is 2.08. The largest absolute Gasteiger partial charge is 0.493 e. The van der Waals surface area contributed by atoms with Gasteiger partial charge in [0.05, 0.1) is 19.0 Å². The first kappa shape index (κ1) is 7.12.